The van der Waals surface area contributed by atoms with Gasteiger partial charge in [0.15, 0.2) is 11.5 Å². The Morgan fingerprint density at radius 2 is 1.65 bits per heavy atom. The molecule has 1 amide bonds. The lowest BCUT2D eigenvalue weighted by atomic mass is 10.1. The second-order valence-electron chi connectivity index (χ2n) is 5.06. The lowest BCUT2D eigenvalue weighted by Gasteiger charge is -2.13. The first kappa shape index (κ1) is 14.9. The number of methoxy groups -OCH3 is 2. The van der Waals surface area contributed by atoms with Crippen LogP contribution >= 0.6 is 0 Å². The fourth-order valence-corrected chi connectivity index (χ4v) is 2.53. The molecule has 0 fully saturated rings. The molecule has 1 N–H and O–H groups in total. The quantitative estimate of drug-likeness (QED) is 0.789. The summed E-state index contributed by atoms with van der Waals surface area (Å²) in [4.78, 5) is 12.6. The first-order valence-electron chi connectivity index (χ1n) is 7.24. The molecule has 116 valence electrons. The maximum Gasteiger partial charge on any atom is 0.259 e. The predicted octanol–water partition coefficient (Wildman–Crippen LogP) is 4.11. The maximum atomic E-state index is 12.6. The minimum atomic E-state index is -0.240. The third kappa shape index (κ3) is 2.97. The van der Waals surface area contributed by atoms with Crippen LogP contribution in [0.3, 0.4) is 0 Å². The third-order valence-electron chi connectivity index (χ3n) is 3.65. The number of rotatable bonds is 4. The fraction of sp³-hybridized carbons (Fsp3) is 0.105. The molecule has 0 aliphatic rings. The van der Waals surface area contributed by atoms with Gasteiger partial charge in [-0.3, -0.25) is 4.79 Å². The highest BCUT2D eigenvalue weighted by molar-refractivity contribution is 6.07. The molecule has 0 unspecified atom stereocenters. The summed E-state index contributed by atoms with van der Waals surface area (Å²) in [5.74, 6) is 0.711. The zero-order valence-corrected chi connectivity index (χ0v) is 13.0. The molecule has 3 rings (SSSR count). The molecule has 0 atom stereocenters. The van der Waals surface area contributed by atoms with Gasteiger partial charge in [-0.1, -0.05) is 36.4 Å². The van der Waals surface area contributed by atoms with Gasteiger partial charge in [0, 0.05) is 5.69 Å². The van der Waals surface area contributed by atoms with Gasteiger partial charge in [0.2, 0.25) is 0 Å². The van der Waals surface area contributed by atoms with E-state index in [1.54, 1.807) is 25.3 Å². The topological polar surface area (TPSA) is 47.6 Å². The molecule has 0 saturated carbocycles. The number of benzene rings is 3. The minimum Gasteiger partial charge on any atom is -0.493 e. The monoisotopic (exact) mass is 307 g/mol. The van der Waals surface area contributed by atoms with Crippen LogP contribution in [0.4, 0.5) is 5.69 Å². The summed E-state index contributed by atoms with van der Waals surface area (Å²) < 4.78 is 10.5. The lowest BCUT2D eigenvalue weighted by molar-refractivity contribution is 0.102. The molecule has 0 bridgehead atoms. The molecule has 4 nitrogen and oxygen atoms in total. The van der Waals surface area contributed by atoms with Crippen LogP contribution in [0.25, 0.3) is 10.8 Å². The molecule has 3 aromatic rings. The number of nitrogens with one attached hydrogen (secondary N) is 1. The molecule has 4 heteroatoms. The number of anilines is 1. The van der Waals surface area contributed by atoms with Crippen molar-refractivity contribution in [3.63, 3.8) is 0 Å². The largest absolute Gasteiger partial charge is 0.493 e. The van der Waals surface area contributed by atoms with Crippen molar-refractivity contribution >= 4 is 22.4 Å². The van der Waals surface area contributed by atoms with E-state index in [0.717, 1.165) is 16.5 Å². The van der Waals surface area contributed by atoms with Crippen LogP contribution < -0.4 is 14.8 Å². The van der Waals surface area contributed by atoms with E-state index >= 15 is 0 Å². The summed E-state index contributed by atoms with van der Waals surface area (Å²) in [6, 6.07) is 19.0. The van der Waals surface area contributed by atoms with Crippen molar-refractivity contribution in [2.45, 2.75) is 0 Å². The van der Waals surface area contributed by atoms with Crippen molar-refractivity contribution in [3.05, 3.63) is 66.2 Å². The standard InChI is InChI=1S/C19H17NO3/c1-22-17-9-5-8-16(18(17)23-2)19(21)20-15-11-10-13-6-3-4-7-14(13)12-15/h3-12H,1-2H3,(H,20,21). The number of para-hydroxylation sites is 1. The molecule has 0 heterocycles. The van der Waals surface area contributed by atoms with Gasteiger partial charge in [-0.25, -0.2) is 0 Å². The number of hydrogen-bond donors (Lipinski definition) is 1. The molecular weight excluding hydrogens is 290 g/mol. The third-order valence-corrected chi connectivity index (χ3v) is 3.65. The van der Waals surface area contributed by atoms with Gasteiger partial charge in [-0.15, -0.1) is 0 Å². The molecule has 3 aromatic carbocycles. The molecular formula is C19H17NO3. The van der Waals surface area contributed by atoms with E-state index in [1.165, 1.54) is 7.11 Å². The van der Waals surface area contributed by atoms with E-state index in [4.69, 9.17) is 9.47 Å². The zero-order chi connectivity index (χ0) is 16.2. The van der Waals surface area contributed by atoms with Gasteiger partial charge in [0.1, 0.15) is 0 Å². The summed E-state index contributed by atoms with van der Waals surface area (Å²) in [5, 5.41) is 5.10. The Morgan fingerprint density at radius 1 is 0.870 bits per heavy atom. The van der Waals surface area contributed by atoms with Crippen molar-refractivity contribution in [2.75, 3.05) is 19.5 Å². The Morgan fingerprint density at radius 3 is 2.39 bits per heavy atom. The molecule has 0 aliphatic heterocycles. The molecule has 0 aliphatic carbocycles. The molecule has 0 radical (unpaired) electrons. The van der Waals surface area contributed by atoms with Crippen LogP contribution in [0.2, 0.25) is 0 Å². The van der Waals surface area contributed by atoms with E-state index in [9.17, 15) is 4.79 Å². The average molecular weight is 307 g/mol. The highest BCUT2D eigenvalue weighted by Gasteiger charge is 2.16. The Labute approximate surface area is 134 Å². The van der Waals surface area contributed by atoms with Crippen molar-refractivity contribution in [2.24, 2.45) is 0 Å². The van der Waals surface area contributed by atoms with Crippen LogP contribution in [-0.2, 0) is 0 Å². The van der Waals surface area contributed by atoms with Gasteiger partial charge in [-0.05, 0) is 35.0 Å². The van der Waals surface area contributed by atoms with Crippen LogP contribution in [0.5, 0.6) is 11.5 Å². The van der Waals surface area contributed by atoms with Crippen LogP contribution in [0, 0.1) is 0 Å². The number of hydrogen-bond acceptors (Lipinski definition) is 3. The summed E-state index contributed by atoms with van der Waals surface area (Å²) in [6.07, 6.45) is 0. The van der Waals surface area contributed by atoms with Gasteiger partial charge in [0.25, 0.3) is 5.91 Å². The summed E-state index contributed by atoms with van der Waals surface area (Å²) in [6.45, 7) is 0. The Balaban J connectivity index is 1.91. The van der Waals surface area contributed by atoms with Crippen molar-refractivity contribution in [1.82, 2.24) is 0 Å². The van der Waals surface area contributed by atoms with E-state index in [0.29, 0.717) is 17.1 Å². The number of carbonyl (C=O) groups is 1. The molecule has 23 heavy (non-hydrogen) atoms. The highest BCUT2D eigenvalue weighted by Crippen LogP contribution is 2.31. The van der Waals surface area contributed by atoms with Crippen molar-refractivity contribution in [3.8, 4) is 11.5 Å². The summed E-state index contributed by atoms with van der Waals surface area (Å²) in [5.41, 5.74) is 1.17. The maximum absolute atomic E-state index is 12.6. The SMILES string of the molecule is COc1cccc(C(=O)Nc2ccc3ccccc3c2)c1OC. The minimum absolute atomic E-state index is 0.240. The molecule has 0 aromatic heterocycles. The smallest absolute Gasteiger partial charge is 0.259 e. The van der Waals surface area contributed by atoms with Gasteiger partial charge in [0.05, 0.1) is 19.8 Å². The first-order chi connectivity index (χ1) is 11.2. The zero-order valence-electron chi connectivity index (χ0n) is 13.0. The van der Waals surface area contributed by atoms with E-state index in [-0.39, 0.29) is 5.91 Å². The summed E-state index contributed by atoms with van der Waals surface area (Å²) >= 11 is 0. The Hall–Kier alpha value is -3.01. The van der Waals surface area contributed by atoms with Crippen molar-refractivity contribution < 1.29 is 14.3 Å². The second-order valence-corrected chi connectivity index (χ2v) is 5.06. The molecule has 0 spiro atoms. The predicted molar refractivity (Wildman–Crippen MR) is 91.4 cm³/mol. The first-order valence-corrected chi connectivity index (χ1v) is 7.24. The average Bonchev–Trinajstić information content (AvgIpc) is 2.60. The van der Waals surface area contributed by atoms with Crippen LogP contribution in [0.15, 0.2) is 60.7 Å². The van der Waals surface area contributed by atoms with Gasteiger partial charge in [-0.2, -0.15) is 0 Å². The summed E-state index contributed by atoms with van der Waals surface area (Å²) in [7, 11) is 3.06. The van der Waals surface area contributed by atoms with E-state index < -0.39 is 0 Å². The molecule has 0 saturated heterocycles. The number of ether oxygens (including phenoxy) is 2. The van der Waals surface area contributed by atoms with Gasteiger partial charge >= 0.3 is 0 Å². The van der Waals surface area contributed by atoms with E-state index in [1.807, 2.05) is 42.5 Å². The lowest BCUT2D eigenvalue weighted by Crippen LogP contribution is -2.13. The normalized spacial score (nSPS) is 10.3. The van der Waals surface area contributed by atoms with Gasteiger partial charge < -0.3 is 14.8 Å². The van der Waals surface area contributed by atoms with Crippen LogP contribution in [-0.4, -0.2) is 20.1 Å². The fourth-order valence-electron chi connectivity index (χ4n) is 2.53. The number of carbonyl (C=O) groups excluding carboxylic acids is 1. The Kier molecular flexibility index (Phi) is 4.15. The van der Waals surface area contributed by atoms with E-state index in [2.05, 4.69) is 5.32 Å². The van der Waals surface area contributed by atoms with Crippen LogP contribution in [0.1, 0.15) is 10.4 Å². The van der Waals surface area contributed by atoms with Crippen molar-refractivity contribution in [1.29, 1.82) is 0 Å². The second kappa shape index (κ2) is 6.40. The highest BCUT2D eigenvalue weighted by atomic mass is 16.5. The number of amides is 1. The Bertz CT molecular complexity index is 858. The number of fused-ring (bicyclic) bond motifs is 1.